The molecule has 0 unspecified atom stereocenters. The van der Waals surface area contributed by atoms with Crippen molar-refractivity contribution in [2.24, 2.45) is 20.0 Å². The van der Waals surface area contributed by atoms with E-state index in [1.165, 1.54) is 12.8 Å². The number of methoxy groups -OCH3 is 1. The molecule has 22 heavy (non-hydrogen) atoms. The molecule has 0 amide bonds. The number of hydrogen-bond donors (Lipinski definition) is 0. The summed E-state index contributed by atoms with van der Waals surface area (Å²) < 4.78 is 6.87. The molecule has 0 aliphatic carbocycles. The zero-order valence-electron chi connectivity index (χ0n) is 11.8. The smallest absolute Gasteiger partial charge is 0.321 e. The molecule has 0 radical (unpaired) electrons. The minimum Gasteiger partial charge on any atom is -0.467 e. The van der Waals surface area contributed by atoms with Gasteiger partial charge in [0.2, 0.25) is 11.9 Å². The number of nitrogens with zero attached hydrogens (tertiary/aromatic N) is 6. The van der Waals surface area contributed by atoms with E-state index in [4.69, 9.17) is 9.73 Å². The molecule has 0 aromatic carbocycles. The lowest BCUT2D eigenvalue weighted by Crippen LogP contribution is -2.45. The summed E-state index contributed by atoms with van der Waals surface area (Å²) in [6, 6.07) is 0.287. The first-order chi connectivity index (χ1) is 10.7. The van der Waals surface area contributed by atoms with Gasteiger partial charge in [0.1, 0.15) is 0 Å². The van der Waals surface area contributed by atoms with Gasteiger partial charge in [0.05, 0.1) is 16.1 Å². The van der Waals surface area contributed by atoms with Gasteiger partial charge in [0.15, 0.2) is 11.7 Å². The van der Waals surface area contributed by atoms with E-state index >= 15 is 0 Å². The van der Waals surface area contributed by atoms with Gasteiger partial charge >= 0.3 is 6.02 Å². The maximum atomic E-state index is 5.19. The molecule has 0 aromatic heterocycles. The number of allylic oxidation sites excluding steroid dienone is 2. The maximum Gasteiger partial charge on any atom is 0.321 e. The third-order valence-electron chi connectivity index (χ3n) is 3.68. The Morgan fingerprint density at radius 2 is 1.82 bits per heavy atom. The molecule has 1 saturated heterocycles. The van der Waals surface area contributed by atoms with Crippen molar-refractivity contribution in [3.05, 3.63) is 20.9 Å². The Balaban J connectivity index is 1.86. The Labute approximate surface area is 144 Å². The van der Waals surface area contributed by atoms with Gasteiger partial charge in [-0.15, -0.1) is 0 Å². The van der Waals surface area contributed by atoms with E-state index in [9.17, 15) is 0 Å². The average Bonchev–Trinajstić information content (AvgIpc) is 3.05. The van der Waals surface area contributed by atoms with Crippen LogP contribution < -0.4 is 0 Å². The number of amidine groups is 2. The third-order valence-corrected chi connectivity index (χ3v) is 4.85. The molecular formula is C13H12Br2N6O. The molecule has 4 aliphatic heterocycles. The predicted octanol–water partition coefficient (Wildman–Crippen LogP) is 2.38. The van der Waals surface area contributed by atoms with Crippen LogP contribution in [0.25, 0.3) is 0 Å². The van der Waals surface area contributed by atoms with Gasteiger partial charge in [-0.25, -0.2) is 4.90 Å². The molecule has 0 atom stereocenters. The summed E-state index contributed by atoms with van der Waals surface area (Å²) in [6.45, 7) is 1.95. The van der Waals surface area contributed by atoms with E-state index < -0.39 is 0 Å². The molecule has 4 rings (SSSR count). The monoisotopic (exact) mass is 426 g/mol. The van der Waals surface area contributed by atoms with Gasteiger partial charge in [-0.3, -0.25) is 0 Å². The van der Waals surface area contributed by atoms with Crippen LogP contribution in [0, 0.1) is 0 Å². The zero-order valence-corrected chi connectivity index (χ0v) is 14.9. The largest absolute Gasteiger partial charge is 0.467 e. The van der Waals surface area contributed by atoms with Gasteiger partial charge in [-0.2, -0.15) is 20.0 Å². The fraction of sp³-hybridized carbons (Fsp3) is 0.385. The van der Waals surface area contributed by atoms with Crippen molar-refractivity contribution in [3.63, 3.8) is 0 Å². The van der Waals surface area contributed by atoms with Crippen molar-refractivity contribution >= 4 is 55.6 Å². The van der Waals surface area contributed by atoms with Gasteiger partial charge in [0, 0.05) is 13.1 Å². The van der Waals surface area contributed by atoms with Gasteiger partial charge in [0.25, 0.3) is 0 Å². The molecule has 0 aromatic rings. The molecule has 4 aliphatic rings. The molecule has 4 heterocycles. The Bertz CT molecular complexity index is 727. The molecule has 0 spiro atoms. The lowest BCUT2D eigenvalue weighted by Gasteiger charge is -2.34. The first-order valence-corrected chi connectivity index (χ1v) is 8.47. The van der Waals surface area contributed by atoms with Crippen molar-refractivity contribution in [2.45, 2.75) is 12.8 Å². The van der Waals surface area contributed by atoms with Crippen molar-refractivity contribution in [2.75, 3.05) is 20.2 Å². The summed E-state index contributed by atoms with van der Waals surface area (Å²) in [5.74, 6) is 2.64. The van der Waals surface area contributed by atoms with Gasteiger partial charge in [-0.1, -0.05) is 0 Å². The summed E-state index contributed by atoms with van der Waals surface area (Å²) in [5.41, 5.74) is 0. The van der Waals surface area contributed by atoms with Crippen LogP contribution in [-0.2, 0) is 4.74 Å². The lowest BCUT2D eigenvalue weighted by atomic mass is 10.3. The number of halogens is 2. The normalized spacial score (nSPS) is 23.5. The van der Waals surface area contributed by atoms with Gasteiger partial charge in [-0.05, 0) is 50.8 Å². The first kappa shape index (κ1) is 14.1. The number of ether oxygens (including phenoxy) is 1. The summed E-state index contributed by atoms with van der Waals surface area (Å²) in [5, 5.41) is 0. The molecule has 0 bridgehead atoms. The van der Waals surface area contributed by atoms with Crippen LogP contribution in [0.15, 0.2) is 40.8 Å². The number of hydrogen-bond acceptors (Lipinski definition) is 7. The number of guanidine groups is 2. The Morgan fingerprint density at radius 3 is 2.55 bits per heavy atom. The second-order valence-corrected chi connectivity index (χ2v) is 6.76. The SMILES string of the molecule is COC1=NC2=C(Br)C=C(Br)C3=NC(N4CCCC4)=NC(=N1)N32. The molecular weight excluding hydrogens is 416 g/mol. The van der Waals surface area contributed by atoms with Gasteiger partial charge < -0.3 is 9.64 Å². The summed E-state index contributed by atoms with van der Waals surface area (Å²) >= 11 is 7.08. The van der Waals surface area contributed by atoms with E-state index in [1.54, 1.807) is 7.11 Å². The highest BCUT2D eigenvalue weighted by molar-refractivity contribution is 9.12. The quantitative estimate of drug-likeness (QED) is 0.596. The molecule has 1 fully saturated rings. The third kappa shape index (κ3) is 2.14. The maximum absolute atomic E-state index is 5.19. The van der Waals surface area contributed by atoms with Crippen molar-refractivity contribution < 1.29 is 4.74 Å². The summed E-state index contributed by atoms with van der Waals surface area (Å²) in [6.07, 6.45) is 4.26. The van der Waals surface area contributed by atoms with Crippen LogP contribution in [0.5, 0.6) is 0 Å². The van der Waals surface area contributed by atoms with Crippen LogP contribution in [0.2, 0.25) is 0 Å². The highest BCUT2D eigenvalue weighted by atomic mass is 79.9. The van der Waals surface area contributed by atoms with Crippen LogP contribution in [0.3, 0.4) is 0 Å². The second kappa shape index (κ2) is 5.31. The van der Waals surface area contributed by atoms with E-state index in [2.05, 4.69) is 51.7 Å². The fourth-order valence-electron chi connectivity index (χ4n) is 2.64. The number of aliphatic imine (C=N–C) groups is 4. The molecule has 0 N–H and O–H groups in total. The molecule has 7 nitrogen and oxygen atoms in total. The lowest BCUT2D eigenvalue weighted by molar-refractivity contribution is 0.391. The van der Waals surface area contributed by atoms with E-state index in [0.717, 1.165) is 27.9 Å². The van der Waals surface area contributed by atoms with Crippen molar-refractivity contribution in [1.82, 2.24) is 9.80 Å². The minimum atomic E-state index is 0.287. The van der Waals surface area contributed by atoms with E-state index in [0.29, 0.717) is 17.7 Å². The summed E-state index contributed by atoms with van der Waals surface area (Å²) in [7, 11) is 1.55. The topological polar surface area (TPSA) is 65.2 Å². The highest BCUT2D eigenvalue weighted by Crippen LogP contribution is 2.34. The number of likely N-dealkylation sites (tertiary alicyclic amines) is 1. The highest BCUT2D eigenvalue weighted by Gasteiger charge is 2.37. The number of rotatable bonds is 0. The fourth-order valence-corrected chi connectivity index (χ4v) is 3.93. The minimum absolute atomic E-state index is 0.287. The Morgan fingerprint density at radius 1 is 1.05 bits per heavy atom. The summed E-state index contributed by atoms with van der Waals surface area (Å²) in [4.78, 5) is 22.0. The molecule has 114 valence electrons. The molecule has 9 heteroatoms. The van der Waals surface area contributed by atoms with Crippen molar-refractivity contribution in [3.8, 4) is 0 Å². The van der Waals surface area contributed by atoms with E-state index in [1.807, 2.05) is 11.0 Å². The van der Waals surface area contributed by atoms with Crippen molar-refractivity contribution in [1.29, 1.82) is 0 Å². The zero-order chi connectivity index (χ0) is 15.3. The van der Waals surface area contributed by atoms with E-state index in [-0.39, 0.29) is 6.02 Å². The predicted molar refractivity (Wildman–Crippen MR) is 92.4 cm³/mol. The van der Waals surface area contributed by atoms with Crippen LogP contribution in [0.1, 0.15) is 12.8 Å². The average molecular weight is 428 g/mol. The Hall–Kier alpha value is -1.48. The molecule has 0 saturated carbocycles. The van der Waals surface area contributed by atoms with Crippen LogP contribution in [0.4, 0.5) is 0 Å². The first-order valence-electron chi connectivity index (χ1n) is 6.88. The second-order valence-electron chi connectivity index (χ2n) is 5.05. The Kier molecular flexibility index (Phi) is 3.41. The standard InChI is InChI=1S/C13H12Br2N6O/c1-22-13-17-10-8(15)6-7(14)9-16-11(20-4-2-3-5-20)18-12(19-13)21(9)10/h6H,2-5H2,1H3. The van der Waals surface area contributed by atoms with Crippen LogP contribution >= 0.6 is 31.9 Å². The van der Waals surface area contributed by atoms with Crippen LogP contribution in [-0.4, -0.2) is 53.8 Å².